The molecule has 0 atom stereocenters. The van der Waals surface area contributed by atoms with Crippen molar-refractivity contribution < 1.29 is 22.4 Å². The van der Waals surface area contributed by atoms with Gasteiger partial charge in [0.05, 0.1) is 22.3 Å². The Hall–Kier alpha value is -3.27. The summed E-state index contributed by atoms with van der Waals surface area (Å²) >= 11 is 1.00. The van der Waals surface area contributed by atoms with Crippen LogP contribution in [0.2, 0.25) is 0 Å². The average Bonchev–Trinajstić information content (AvgIpc) is 3.28. The highest BCUT2D eigenvalue weighted by atomic mass is 32.1. The van der Waals surface area contributed by atoms with Gasteiger partial charge >= 0.3 is 0 Å². The molecule has 0 unspecified atom stereocenters. The van der Waals surface area contributed by atoms with Gasteiger partial charge in [-0.05, 0) is 30.3 Å². The lowest BCUT2D eigenvalue weighted by Gasteiger charge is -2.02. The third-order valence-electron chi connectivity index (χ3n) is 3.91. The standard InChI is InChI=1S/C18H10F4N4OS/c19-9-2-1-3-10(20)14(9)13-7-28-18(25-13)26-17(27)8-4-5-11-12(6-8)24-16(23-11)15(21)22/h1-7,15H,(H,23,24)(H,25,26,27). The van der Waals surface area contributed by atoms with E-state index in [2.05, 4.69) is 20.3 Å². The third-order valence-corrected chi connectivity index (χ3v) is 4.67. The Morgan fingerprint density at radius 3 is 2.57 bits per heavy atom. The van der Waals surface area contributed by atoms with E-state index >= 15 is 0 Å². The van der Waals surface area contributed by atoms with E-state index in [4.69, 9.17) is 0 Å². The number of hydrogen-bond acceptors (Lipinski definition) is 4. The molecule has 0 spiro atoms. The van der Waals surface area contributed by atoms with Gasteiger partial charge in [-0.15, -0.1) is 11.3 Å². The first kappa shape index (κ1) is 18.1. The predicted octanol–water partition coefficient (Wildman–Crippen LogP) is 5.15. The highest BCUT2D eigenvalue weighted by molar-refractivity contribution is 7.14. The number of carbonyl (C=O) groups is 1. The van der Waals surface area contributed by atoms with Crippen molar-refractivity contribution in [2.24, 2.45) is 0 Å². The van der Waals surface area contributed by atoms with E-state index in [9.17, 15) is 22.4 Å². The maximum absolute atomic E-state index is 13.9. The SMILES string of the molecule is O=C(Nc1nc(-c2c(F)cccc2F)cs1)c1ccc2nc(C(F)F)[nH]c2c1. The second-order valence-corrected chi connectivity index (χ2v) is 6.60. The first-order chi connectivity index (χ1) is 13.4. The highest BCUT2D eigenvalue weighted by Crippen LogP contribution is 2.29. The second kappa shape index (κ2) is 7.04. The first-order valence-corrected chi connectivity index (χ1v) is 8.79. The van der Waals surface area contributed by atoms with Crippen molar-refractivity contribution in [2.45, 2.75) is 6.43 Å². The van der Waals surface area contributed by atoms with Crippen LogP contribution in [0.25, 0.3) is 22.3 Å². The van der Waals surface area contributed by atoms with E-state index in [1.807, 2.05) is 0 Å². The number of rotatable bonds is 4. The molecule has 0 aliphatic rings. The van der Waals surface area contributed by atoms with Crippen LogP contribution in [-0.4, -0.2) is 20.9 Å². The average molecular weight is 406 g/mol. The third kappa shape index (κ3) is 3.33. The van der Waals surface area contributed by atoms with Gasteiger partial charge in [0.25, 0.3) is 12.3 Å². The molecule has 2 aromatic heterocycles. The molecule has 0 saturated carbocycles. The molecular weight excluding hydrogens is 396 g/mol. The van der Waals surface area contributed by atoms with E-state index in [1.54, 1.807) is 0 Å². The molecule has 4 rings (SSSR count). The number of aromatic amines is 1. The van der Waals surface area contributed by atoms with Gasteiger partial charge in [0.1, 0.15) is 11.6 Å². The van der Waals surface area contributed by atoms with Gasteiger partial charge in [0.15, 0.2) is 11.0 Å². The molecule has 2 heterocycles. The van der Waals surface area contributed by atoms with Crippen molar-refractivity contribution in [1.29, 1.82) is 0 Å². The van der Waals surface area contributed by atoms with E-state index in [1.165, 1.54) is 29.6 Å². The maximum atomic E-state index is 13.9. The molecule has 0 bridgehead atoms. The number of fused-ring (bicyclic) bond motifs is 1. The summed E-state index contributed by atoms with van der Waals surface area (Å²) in [5, 5.41) is 4.08. The molecule has 10 heteroatoms. The summed E-state index contributed by atoms with van der Waals surface area (Å²) in [4.78, 5) is 22.6. The number of imidazole rings is 1. The minimum absolute atomic E-state index is 0.0569. The molecular formula is C18H10F4N4OS. The molecule has 2 N–H and O–H groups in total. The number of carbonyl (C=O) groups excluding carboxylic acids is 1. The second-order valence-electron chi connectivity index (χ2n) is 5.74. The van der Waals surface area contributed by atoms with Crippen LogP contribution in [0.1, 0.15) is 22.6 Å². The quantitative estimate of drug-likeness (QED) is 0.460. The molecule has 4 aromatic rings. The molecule has 0 aliphatic carbocycles. The summed E-state index contributed by atoms with van der Waals surface area (Å²) in [5.41, 5.74) is 0.555. The number of benzene rings is 2. The van der Waals surface area contributed by atoms with Gasteiger partial charge in [-0.2, -0.15) is 0 Å². The van der Waals surface area contributed by atoms with Crippen molar-refractivity contribution in [3.05, 3.63) is 64.8 Å². The van der Waals surface area contributed by atoms with Crippen LogP contribution < -0.4 is 5.32 Å². The summed E-state index contributed by atoms with van der Waals surface area (Å²) in [7, 11) is 0. The molecule has 0 aliphatic heterocycles. The minimum Gasteiger partial charge on any atom is -0.337 e. The number of alkyl halides is 2. The number of aromatic nitrogens is 3. The number of nitrogens with zero attached hydrogens (tertiary/aromatic N) is 2. The normalized spacial score (nSPS) is 11.3. The van der Waals surface area contributed by atoms with Gasteiger partial charge in [-0.1, -0.05) is 6.07 Å². The van der Waals surface area contributed by atoms with Gasteiger partial charge < -0.3 is 4.98 Å². The fourth-order valence-electron chi connectivity index (χ4n) is 2.63. The van der Waals surface area contributed by atoms with Crippen molar-refractivity contribution in [3.8, 4) is 11.3 Å². The Labute approximate surface area is 159 Å². The number of halogens is 4. The monoisotopic (exact) mass is 406 g/mol. The maximum Gasteiger partial charge on any atom is 0.295 e. The Morgan fingerprint density at radius 2 is 1.86 bits per heavy atom. The topological polar surface area (TPSA) is 70.7 Å². The van der Waals surface area contributed by atoms with Crippen LogP contribution in [0, 0.1) is 11.6 Å². The Balaban J connectivity index is 1.57. The summed E-state index contributed by atoms with van der Waals surface area (Å²) < 4.78 is 53.1. The number of H-pyrrole nitrogens is 1. The Kier molecular flexibility index (Phi) is 4.55. The summed E-state index contributed by atoms with van der Waals surface area (Å²) in [6.45, 7) is 0. The Morgan fingerprint density at radius 1 is 1.11 bits per heavy atom. The smallest absolute Gasteiger partial charge is 0.295 e. The summed E-state index contributed by atoms with van der Waals surface area (Å²) in [6, 6.07) is 7.73. The Bertz CT molecular complexity index is 1170. The van der Waals surface area contributed by atoms with Gasteiger partial charge in [-0.3, -0.25) is 10.1 Å². The van der Waals surface area contributed by atoms with E-state index < -0.39 is 29.8 Å². The van der Waals surface area contributed by atoms with Crippen LogP contribution in [0.5, 0.6) is 0 Å². The number of nitrogens with one attached hydrogen (secondary N) is 2. The van der Waals surface area contributed by atoms with Gasteiger partial charge in [0.2, 0.25) is 0 Å². The minimum atomic E-state index is -2.75. The lowest BCUT2D eigenvalue weighted by molar-refractivity contribution is 0.102. The van der Waals surface area contributed by atoms with Gasteiger partial charge in [0, 0.05) is 10.9 Å². The van der Waals surface area contributed by atoms with Crippen molar-refractivity contribution in [2.75, 3.05) is 5.32 Å². The van der Waals surface area contributed by atoms with Crippen LogP contribution in [0.3, 0.4) is 0 Å². The number of thiazole rings is 1. The van der Waals surface area contributed by atoms with Crippen LogP contribution >= 0.6 is 11.3 Å². The molecule has 0 radical (unpaired) electrons. The van der Waals surface area contributed by atoms with Crippen LogP contribution in [0.15, 0.2) is 41.8 Å². The summed E-state index contributed by atoms with van der Waals surface area (Å²) in [6.07, 6.45) is -2.75. The zero-order valence-electron chi connectivity index (χ0n) is 13.8. The van der Waals surface area contributed by atoms with Crippen molar-refractivity contribution in [3.63, 3.8) is 0 Å². The lowest BCUT2D eigenvalue weighted by Crippen LogP contribution is -2.11. The van der Waals surface area contributed by atoms with Crippen LogP contribution in [0.4, 0.5) is 22.7 Å². The molecule has 5 nitrogen and oxygen atoms in total. The van der Waals surface area contributed by atoms with Gasteiger partial charge in [-0.25, -0.2) is 27.5 Å². The summed E-state index contributed by atoms with van der Waals surface area (Å²) in [5.74, 6) is -2.56. The van der Waals surface area contributed by atoms with Crippen LogP contribution in [-0.2, 0) is 0 Å². The largest absolute Gasteiger partial charge is 0.337 e. The zero-order chi connectivity index (χ0) is 19.8. The predicted molar refractivity (Wildman–Crippen MR) is 96.5 cm³/mol. The first-order valence-electron chi connectivity index (χ1n) is 7.91. The molecule has 1 amide bonds. The number of amides is 1. The highest BCUT2D eigenvalue weighted by Gasteiger charge is 2.17. The van der Waals surface area contributed by atoms with E-state index in [0.29, 0.717) is 5.52 Å². The van der Waals surface area contributed by atoms with E-state index in [0.717, 1.165) is 23.5 Å². The molecule has 0 saturated heterocycles. The zero-order valence-corrected chi connectivity index (χ0v) is 14.7. The van der Waals surface area contributed by atoms with Crippen molar-refractivity contribution >= 4 is 33.4 Å². The fraction of sp³-hybridized carbons (Fsp3) is 0.0556. The number of anilines is 1. The molecule has 0 fully saturated rings. The molecule has 2 aromatic carbocycles. The molecule has 142 valence electrons. The lowest BCUT2D eigenvalue weighted by atomic mass is 10.1. The van der Waals surface area contributed by atoms with Crippen molar-refractivity contribution in [1.82, 2.24) is 15.0 Å². The number of hydrogen-bond donors (Lipinski definition) is 2. The fourth-order valence-corrected chi connectivity index (χ4v) is 3.33. The molecule has 28 heavy (non-hydrogen) atoms. The van der Waals surface area contributed by atoms with E-state index in [-0.39, 0.29) is 27.5 Å².